The molecular formula is C31H62O14. The van der Waals surface area contributed by atoms with Crippen LogP contribution in [-0.2, 0) is 66.4 Å². The average Bonchev–Trinajstić information content (AvgIpc) is 3.03. The highest BCUT2D eigenvalue weighted by atomic mass is 16.6. The highest BCUT2D eigenvalue weighted by Gasteiger charge is 1.99. The number of carbonyl (C=O) groups excluding carboxylic acids is 1. The van der Waals surface area contributed by atoms with Crippen LogP contribution in [0.25, 0.3) is 0 Å². The van der Waals surface area contributed by atoms with Crippen LogP contribution in [0.5, 0.6) is 0 Å². The molecule has 0 aromatic carbocycles. The van der Waals surface area contributed by atoms with Crippen LogP contribution in [0.1, 0.15) is 27.2 Å². The molecular weight excluding hydrogens is 596 g/mol. The number of esters is 1. The summed E-state index contributed by atoms with van der Waals surface area (Å²) in [6.45, 7) is 18.4. The summed E-state index contributed by atoms with van der Waals surface area (Å²) in [5, 5.41) is 0. The quantitative estimate of drug-likeness (QED) is 0.0701. The molecule has 0 rings (SSSR count). The van der Waals surface area contributed by atoms with Gasteiger partial charge in [0, 0.05) is 13.5 Å². The fourth-order valence-corrected chi connectivity index (χ4v) is 3.07. The summed E-state index contributed by atoms with van der Waals surface area (Å²) in [4.78, 5) is 10.6. The maximum Gasteiger partial charge on any atom is 0.302 e. The van der Waals surface area contributed by atoms with Gasteiger partial charge in [-0.3, -0.25) is 4.79 Å². The highest BCUT2D eigenvalue weighted by Crippen LogP contribution is 2.00. The van der Waals surface area contributed by atoms with Crippen molar-refractivity contribution >= 4 is 5.97 Å². The lowest BCUT2D eigenvalue weighted by Gasteiger charge is -2.10. The zero-order valence-corrected chi connectivity index (χ0v) is 28.2. The lowest BCUT2D eigenvalue weighted by Crippen LogP contribution is -2.15. The summed E-state index contributed by atoms with van der Waals surface area (Å²) >= 11 is 0. The molecule has 0 amide bonds. The molecule has 0 spiro atoms. The second-order valence-electron chi connectivity index (χ2n) is 9.66. The van der Waals surface area contributed by atoms with Gasteiger partial charge in [-0.05, 0) is 5.92 Å². The molecule has 0 aromatic heterocycles. The predicted octanol–water partition coefficient (Wildman–Crippen LogP) is 1.79. The first-order valence-electron chi connectivity index (χ1n) is 16.2. The topological polar surface area (TPSA) is 137 Å². The zero-order chi connectivity index (χ0) is 32.7. The van der Waals surface area contributed by atoms with Gasteiger partial charge in [0.25, 0.3) is 0 Å². The van der Waals surface area contributed by atoms with Crippen molar-refractivity contribution in [2.45, 2.75) is 27.2 Å². The maximum atomic E-state index is 10.6. The molecule has 0 radical (unpaired) electrons. The second-order valence-corrected chi connectivity index (χ2v) is 9.66. The van der Waals surface area contributed by atoms with Crippen molar-refractivity contribution in [3.05, 3.63) is 0 Å². The predicted molar refractivity (Wildman–Crippen MR) is 166 cm³/mol. The van der Waals surface area contributed by atoms with Crippen LogP contribution in [0.3, 0.4) is 0 Å². The van der Waals surface area contributed by atoms with Gasteiger partial charge in [0.05, 0.1) is 152 Å². The molecule has 0 bridgehead atoms. The molecule has 0 aliphatic rings. The standard InChI is InChI=1S/C31H62O14/c1-4-30(2)29-44-26-25-42-22-21-40-18-17-38-14-13-36-10-9-34-6-5-33-7-8-35-11-12-37-15-16-39-19-20-41-23-24-43-27-28-45-31(3)32/h30H,4-29H2,1-3H3. The van der Waals surface area contributed by atoms with Crippen LogP contribution >= 0.6 is 0 Å². The monoisotopic (exact) mass is 658 g/mol. The van der Waals surface area contributed by atoms with E-state index in [2.05, 4.69) is 13.8 Å². The van der Waals surface area contributed by atoms with Crippen LogP contribution in [0.15, 0.2) is 0 Å². The Bertz CT molecular complexity index is 572. The lowest BCUT2D eigenvalue weighted by molar-refractivity contribution is -0.142. The van der Waals surface area contributed by atoms with Gasteiger partial charge in [0.2, 0.25) is 0 Å². The minimum Gasteiger partial charge on any atom is -0.463 e. The maximum absolute atomic E-state index is 10.6. The van der Waals surface area contributed by atoms with Crippen molar-refractivity contribution < 1.29 is 66.4 Å². The summed E-state index contributed by atoms with van der Waals surface area (Å²) in [6.07, 6.45) is 1.13. The van der Waals surface area contributed by atoms with Crippen molar-refractivity contribution in [3.63, 3.8) is 0 Å². The molecule has 0 aliphatic carbocycles. The van der Waals surface area contributed by atoms with Gasteiger partial charge in [-0.2, -0.15) is 0 Å². The first-order valence-corrected chi connectivity index (χ1v) is 16.2. The molecule has 1 atom stereocenters. The Labute approximate surface area is 270 Å². The van der Waals surface area contributed by atoms with Crippen molar-refractivity contribution in [1.82, 2.24) is 0 Å². The van der Waals surface area contributed by atoms with Gasteiger partial charge < -0.3 is 61.6 Å². The summed E-state index contributed by atoms with van der Waals surface area (Å²) in [5.41, 5.74) is 0. The van der Waals surface area contributed by atoms with E-state index in [1.54, 1.807) is 0 Å². The molecule has 0 saturated heterocycles. The van der Waals surface area contributed by atoms with Gasteiger partial charge in [-0.15, -0.1) is 0 Å². The molecule has 0 saturated carbocycles. The highest BCUT2D eigenvalue weighted by molar-refractivity contribution is 5.65. The zero-order valence-electron chi connectivity index (χ0n) is 28.2. The third kappa shape index (κ3) is 41.0. The minimum absolute atomic E-state index is 0.258. The van der Waals surface area contributed by atoms with Crippen LogP contribution < -0.4 is 0 Å². The normalized spacial score (nSPS) is 12.2. The summed E-state index contributed by atoms with van der Waals surface area (Å²) < 4.78 is 70.1. The van der Waals surface area contributed by atoms with Crippen LogP contribution in [0, 0.1) is 5.92 Å². The average molecular weight is 659 g/mol. The summed E-state index contributed by atoms with van der Waals surface area (Å²) in [6, 6.07) is 0. The molecule has 0 heterocycles. The SMILES string of the molecule is CCC(C)COCCOCCOCCOCCOCCOCCOCCOCCOCCOCCOCCOCCOC(C)=O. The largest absolute Gasteiger partial charge is 0.463 e. The van der Waals surface area contributed by atoms with Crippen molar-refractivity contribution in [3.8, 4) is 0 Å². The summed E-state index contributed by atoms with van der Waals surface area (Å²) in [5.74, 6) is 0.284. The van der Waals surface area contributed by atoms with Crippen LogP contribution in [0.4, 0.5) is 0 Å². The Morgan fingerprint density at radius 2 is 0.578 bits per heavy atom. The molecule has 0 fully saturated rings. The number of hydrogen-bond donors (Lipinski definition) is 0. The molecule has 1 unspecified atom stereocenters. The van der Waals surface area contributed by atoms with E-state index in [-0.39, 0.29) is 12.6 Å². The fourth-order valence-electron chi connectivity index (χ4n) is 3.07. The number of rotatable bonds is 39. The lowest BCUT2D eigenvalue weighted by atomic mass is 10.1. The fraction of sp³-hybridized carbons (Fsp3) is 0.968. The van der Waals surface area contributed by atoms with E-state index < -0.39 is 0 Å². The van der Waals surface area contributed by atoms with E-state index in [9.17, 15) is 4.79 Å². The first-order chi connectivity index (χ1) is 22.2. The summed E-state index contributed by atoms with van der Waals surface area (Å²) in [7, 11) is 0. The Morgan fingerprint density at radius 3 is 0.778 bits per heavy atom. The smallest absolute Gasteiger partial charge is 0.302 e. The molecule has 45 heavy (non-hydrogen) atoms. The van der Waals surface area contributed by atoms with E-state index >= 15 is 0 Å². The van der Waals surface area contributed by atoms with E-state index in [1.165, 1.54) is 6.92 Å². The molecule has 0 aliphatic heterocycles. The van der Waals surface area contributed by atoms with Crippen LogP contribution in [0.2, 0.25) is 0 Å². The first kappa shape index (κ1) is 44.0. The third-order valence-electron chi connectivity index (χ3n) is 5.72. The van der Waals surface area contributed by atoms with Crippen LogP contribution in [-0.4, -0.2) is 171 Å². The van der Waals surface area contributed by atoms with Crippen molar-refractivity contribution in [1.29, 1.82) is 0 Å². The molecule has 14 heteroatoms. The van der Waals surface area contributed by atoms with Gasteiger partial charge in [0.1, 0.15) is 6.61 Å². The Hall–Kier alpha value is -1.01. The van der Waals surface area contributed by atoms with E-state index in [4.69, 9.17) is 61.6 Å². The Kier molecular flexibility index (Phi) is 38.3. The minimum atomic E-state index is -0.311. The Balaban J connectivity index is 3.05. The van der Waals surface area contributed by atoms with Gasteiger partial charge >= 0.3 is 5.97 Å². The third-order valence-corrected chi connectivity index (χ3v) is 5.72. The molecule has 14 nitrogen and oxygen atoms in total. The van der Waals surface area contributed by atoms with Gasteiger partial charge in [-0.1, -0.05) is 20.3 Å². The van der Waals surface area contributed by atoms with Crippen molar-refractivity contribution in [2.75, 3.05) is 165 Å². The number of ether oxygens (including phenoxy) is 13. The van der Waals surface area contributed by atoms with Gasteiger partial charge in [-0.25, -0.2) is 0 Å². The van der Waals surface area contributed by atoms with Gasteiger partial charge in [0.15, 0.2) is 0 Å². The van der Waals surface area contributed by atoms with E-state index in [1.807, 2.05) is 0 Å². The Morgan fingerprint density at radius 1 is 0.378 bits per heavy atom. The number of hydrogen-bond acceptors (Lipinski definition) is 14. The molecule has 270 valence electrons. The molecule has 0 aromatic rings. The van der Waals surface area contributed by atoms with E-state index in [0.29, 0.717) is 158 Å². The second kappa shape index (κ2) is 39.2. The molecule has 0 N–H and O–H groups in total. The van der Waals surface area contributed by atoms with Crippen molar-refractivity contribution in [2.24, 2.45) is 5.92 Å². The number of carbonyl (C=O) groups is 1. The van der Waals surface area contributed by atoms with E-state index in [0.717, 1.165) is 13.0 Å².